The molecular weight excluding hydrogens is 967 g/mol. The molecule has 2 aromatic rings. The lowest BCUT2D eigenvalue weighted by Gasteiger charge is -2.33. The van der Waals surface area contributed by atoms with Gasteiger partial charge in [0, 0.05) is 84.2 Å². The Balaban J connectivity index is 1.30. The lowest BCUT2D eigenvalue weighted by Crippen LogP contribution is -2.51. The van der Waals surface area contributed by atoms with Gasteiger partial charge in [-0.25, -0.2) is 14.4 Å². The van der Waals surface area contributed by atoms with E-state index in [0.29, 0.717) is 91.0 Å². The summed E-state index contributed by atoms with van der Waals surface area (Å²) in [6.45, 7) is 4.62. The van der Waals surface area contributed by atoms with Crippen molar-refractivity contribution in [2.75, 3.05) is 91.6 Å². The maximum atomic E-state index is 13.8. The highest BCUT2D eigenvalue weighted by atomic mass is 16.4. The van der Waals surface area contributed by atoms with Gasteiger partial charge < -0.3 is 52.1 Å². The molecule has 1 unspecified atom stereocenters. The lowest BCUT2D eigenvalue weighted by atomic mass is 9.81. The Morgan fingerprint density at radius 3 is 1.62 bits per heavy atom. The van der Waals surface area contributed by atoms with Crippen LogP contribution in [-0.2, 0) is 49.6 Å². The molecule has 0 radical (unpaired) electrons. The maximum absolute atomic E-state index is 13.8. The molecule has 0 bridgehead atoms. The molecule has 0 spiro atoms. The molecule has 1 saturated carbocycles. The van der Waals surface area contributed by atoms with E-state index in [1.165, 1.54) is 6.92 Å². The molecule has 2 fully saturated rings. The van der Waals surface area contributed by atoms with Gasteiger partial charge in [0.25, 0.3) is 0 Å². The van der Waals surface area contributed by atoms with Gasteiger partial charge in [-0.2, -0.15) is 0 Å². The fourth-order valence-electron chi connectivity index (χ4n) is 9.10. The van der Waals surface area contributed by atoms with Crippen LogP contribution in [0.5, 0.6) is 0 Å². The molecule has 74 heavy (non-hydrogen) atoms. The summed E-state index contributed by atoms with van der Waals surface area (Å²) in [6, 6.07) is 8.52. The van der Waals surface area contributed by atoms with E-state index in [2.05, 4.69) is 26.6 Å². The summed E-state index contributed by atoms with van der Waals surface area (Å²) >= 11 is 0. The molecule has 3 atom stereocenters. The van der Waals surface area contributed by atoms with Gasteiger partial charge in [0.2, 0.25) is 17.7 Å². The Kier molecular flexibility index (Phi) is 25.1. The number of Topliss-reactive ketones (excluding diaryl/α,β-unsaturated/α-hetero) is 1. The molecule has 10 N–H and O–H groups in total. The number of benzene rings is 2. The average molecular weight is 1040 g/mol. The van der Waals surface area contributed by atoms with Crippen LogP contribution in [-0.4, -0.2) is 214 Å². The second kappa shape index (κ2) is 31.1. The maximum Gasteiger partial charge on any atom is 0.326 e. The minimum Gasteiger partial charge on any atom is -0.481 e. The first-order chi connectivity index (χ1) is 35.2. The molecule has 1 heterocycles. The minimum absolute atomic E-state index is 0.0342. The molecule has 1 saturated heterocycles. The molecular formula is C50H73N9O15. The predicted octanol–water partition coefficient (Wildman–Crippen LogP) is 0.126. The Morgan fingerprint density at radius 1 is 0.568 bits per heavy atom. The number of carbonyl (C=O) groups excluding carboxylic acids is 5. The molecule has 4 rings (SSSR count). The van der Waals surface area contributed by atoms with E-state index in [9.17, 15) is 68.4 Å². The van der Waals surface area contributed by atoms with Gasteiger partial charge in [-0.1, -0.05) is 42.5 Å². The number of nitrogens with zero attached hydrogens (tertiary/aromatic N) is 4. The predicted molar refractivity (Wildman–Crippen MR) is 268 cm³/mol. The Labute approximate surface area is 429 Å². The van der Waals surface area contributed by atoms with Gasteiger partial charge in [0.15, 0.2) is 0 Å². The van der Waals surface area contributed by atoms with E-state index >= 15 is 0 Å². The topological polar surface area (TPSA) is 345 Å². The normalized spacial score (nSPS) is 18.8. The van der Waals surface area contributed by atoms with Crippen molar-refractivity contribution in [2.45, 2.75) is 89.3 Å². The number of aliphatic carboxylic acids is 5. The molecule has 1 aliphatic heterocycles. The van der Waals surface area contributed by atoms with Gasteiger partial charge in [-0.05, 0) is 80.5 Å². The number of carbonyl (C=O) groups is 10. The van der Waals surface area contributed by atoms with Gasteiger partial charge in [0.05, 0.1) is 26.2 Å². The molecule has 2 aliphatic rings. The van der Waals surface area contributed by atoms with E-state index in [1.807, 2.05) is 52.3 Å². The molecule has 2 aromatic carbocycles. The van der Waals surface area contributed by atoms with Crippen LogP contribution in [0.2, 0.25) is 0 Å². The van der Waals surface area contributed by atoms with Gasteiger partial charge >= 0.3 is 35.9 Å². The van der Waals surface area contributed by atoms with Crippen LogP contribution in [0, 0.1) is 11.8 Å². The zero-order valence-electron chi connectivity index (χ0n) is 42.0. The van der Waals surface area contributed by atoms with Crippen molar-refractivity contribution in [3.8, 4) is 0 Å². The molecule has 408 valence electrons. The third-order valence-corrected chi connectivity index (χ3v) is 13.2. The molecule has 5 amide bonds. The zero-order valence-corrected chi connectivity index (χ0v) is 42.0. The van der Waals surface area contributed by atoms with Gasteiger partial charge in [0.1, 0.15) is 23.9 Å². The van der Waals surface area contributed by atoms with Crippen molar-refractivity contribution in [1.29, 1.82) is 0 Å². The highest BCUT2D eigenvalue weighted by Crippen LogP contribution is 2.29. The van der Waals surface area contributed by atoms with E-state index in [1.54, 1.807) is 9.80 Å². The van der Waals surface area contributed by atoms with Crippen LogP contribution < -0.4 is 26.6 Å². The van der Waals surface area contributed by atoms with Crippen LogP contribution in [0.4, 0.5) is 4.79 Å². The van der Waals surface area contributed by atoms with Crippen LogP contribution in [0.25, 0.3) is 10.8 Å². The van der Waals surface area contributed by atoms with Crippen LogP contribution in [0.15, 0.2) is 42.5 Å². The number of rotatable bonds is 27. The third kappa shape index (κ3) is 22.6. The standard InChI is InChI=1S/C50H73N9O15/c1-33(60)29-56-18-20-57(21-23-59(32-45(66)67)25-24-58(22-19-56)31-44(64)65)30-42(61)52-28-34-9-13-37(14-10-34)46(68)53-41(27-35-11-12-36-6-2-3-7-38(36)26-35)47(69)51-17-5-4-8-39(48(70)71)54-50(74)55-40(49(72)73)15-16-43(62)63/h2-3,6-7,11-12,26,34,37,39-41H,4-5,8-10,13-25,27-32H2,1H3,(H,51,69)(H,52,61)(H,53,68)(H,62,63)(H,64,65)(H,66,67)(H,70,71)(H,72,73)(H2,54,55,74)/t34-,37-,39-,40-,41?/m0/s1. The number of hydrogen-bond acceptors (Lipinski definition) is 14. The van der Waals surface area contributed by atoms with E-state index < -0.39 is 72.8 Å². The van der Waals surface area contributed by atoms with Gasteiger partial charge in [-0.15, -0.1) is 0 Å². The quantitative estimate of drug-likeness (QED) is 0.0532. The number of amides is 5. The molecule has 24 nitrogen and oxygen atoms in total. The Bertz CT molecular complexity index is 2230. The number of hydrogen-bond donors (Lipinski definition) is 10. The second-order valence-electron chi connectivity index (χ2n) is 19.2. The van der Waals surface area contributed by atoms with E-state index in [0.717, 1.165) is 16.3 Å². The molecule has 1 aliphatic carbocycles. The van der Waals surface area contributed by atoms with Crippen molar-refractivity contribution in [3.05, 3.63) is 48.0 Å². The number of carboxylic acids is 5. The van der Waals surface area contributed by atoms with Crippen molar-refractivity contribution in [1.82, 2.24) is 46.2 Å². The Hall–Kier alpha value is -6.76. The van der Waals surface area contributed by atoms with E-state index in [4.69, 9.17) is 5.11 Å². The van der Waals surface area contributed by atoms with Crippen LogP contribution >= 0.6 is 0 Å². The summed E-state index contributed by atoms with van der Waals surface area (Å²) in [5, 5.41) is 62.0. The van der Waals surface area contributed by atoms with Crippen molar-refractivity contribution in [3.63, 3.8) is 0 Å². The lowest BCUT2D eigenvalue weighted by molar-refractivity contribution is -0.141. The van der Waals surface area contributed by atoms with Crippen molar-refractivity contribution in [2.24, 2.45) is 11.8 Å². The summed E-state index contributed by atoms with van der Waals surface area (Å²) < 4.78 is 0. The first-order valence-corrected chi connectivity index (χ1v) is 25.1. The number of ketones is 1. The number of carboxylic acid groups (broad SMARTS) is 5. The number of nitrogens with one attached hydrogen (secondary N) is 5. The monoisotopic (exact) mass is 1040 g/mol. The SMILES string of the molecule is CC(=O)CN1CCN(CC(=O)O)CCN(CC(=O)O)CCN(CC(=O)NC[C@H]2CC[C@H](C(=O)NC(Cc3ccc4ccccc4c3)C(=O)NCCCC[C@H](NC(=O)N[C@@H](CCC(=O)O)C(=O)O)C(=O)O)CC2)CC1. The third-order valence-electron chi connectivity index (χ3n) is 13.2. The first-order valence-electron chi connectivity index (χ1n) is 25.1. The fourth-order valence-corrected chi connectivity index (χ4v) is 9.10. The summed E-state index contributed by atoms with van der Waals surface area (Å²) in [4.78, 5) is 130. The summed E-state index contributed by atoms with van der Waals surface area (Å²) in [5.41, 5.74) is 0.813. The summed E-state index contributed by atoms with van der Waals surface area (Å²) in [5.74, 6) is -7.45. The van der Waals surface area contributed by atoms with Crippen LogP contribution in [0.1, 0.15) is 70.3 Å². The largest absolute Gasteiger partial charge is 0.481 e. The molecule has 0 aromatic heterocycles. The summed E-state index contributed by atoms with van der Waals surface area (Å²) in [6.07, 6.45) is 2.05. The van der Waals surface area contributed by atoms with Crippen molar-refractivity contribution >= 4 is 70.2 Å². The second-order valence-corrected chi connectivity index (χ2v) is 19.2. The number of urea groups is 1. The Morgan fingerprint density at radius 2 is 1.09 bits per heavy atom. The van der Waals surface area contributed by atoms with E-state index in [-0.39, 0.29) is 81.4 Å². The highest BCUT2D eigenvalue weighted by Gasteiger charge is 2.31. The van der Waals surface area contributed by atoms with Gasteiger partial charge in [-0.3, -0.25) is 53.2 Å². The smallest absolute Gasteiger partial charge is 0.326 e. The zero-order chi connectivity index (χ0) is 54.2. The minimum atomic E-state index is -1.55. The highest BCUT2D eigenvalue weighted by molar-refractivity contribution is 5.90. The average Bonchev–Trinajstić information content (AvgIpc) is 3.34. The molecule has 24 heteroatoms. The van der Waals surface area contributed by atoms with Crippen molar-refractivity contribution < 1.29 is 73.5 Å². The fraction of sp³-hybridized carbons (Fsp3) is 0.600. The van der Waals surface area contributed by atoms with Crippen LogP contribution in [0.3, 0.4) is 0 Å². The summed E-state index contributed by atoms with van der Waals surface area (Å²) in [7, 11) is 0. The number of unbranched alkanes of at least 4 members (excludes halogenated alkanes) is 1. The number of fused-ring (bicyclic) bond motifs is 1. The first kappa shape index (κ1) is 59.8.